The maximum Gasteiger partial charge on any atom is 0.261 e. The molecule has 2 aromatic carbocycles. The van der Waals surface area contributed by atoms with Gasteiger partial charge in [0.05, 0.1) is 5.02 Å². The van der Waals surface area contributed by atoms with E-state index in [-0.39, 0.29) is 18.4 Å². The Bertz CT molecular complexity index is 885. The van der Waals surface area contributed by atoms with Crippen LogP contribution >= 0.6 is 23.2 Å². The van der Waals surface area contributed by atoms with Crippen molar-refractivity contribution in [2.24, 2.45) is 5.92 Å². The average Bonchev–Trinajstić information content (AvgIpc) is 2.72. The Morgan fingerprint density at radius 3 is 2.35 bits per heavy atom. The predicted octanol–water partition coefficient (Wildman–Crippen LogP) is 5.26. The van der Waals surface area contributed by atoms with Crippen molar-refractivity contribution in [1.82, 2.24) is 10.2 Å². The van der Waals surface area contributed by atoms with Crippen LogP contribution in [0.25, 0.3) is 0 Å². The second kappa shape index (κ2) is 12.0. The molecule has 2 aromatic rings. The molecule has 168 valence electrons. The van der Waals surface area contributed by atoms with Gasteiger partial charge in [-0.05, 0) is 43.0 Å². The lowest BCUT2D eigenvalue weighted by Gasteiger charge is -2.31. The summed E-state index contributed by atoms with van der Waals surface area (Å²) in [6.07, 6.45) is 0.489. The Balaban J connectivity index is 2.20. The zero-order valence-electron chi connectivity index (χ0n) is 18.5. The van der Waals surface area contributed by atoms with Crippen molar-refractivity contribution in [2.75, 3.05) is 13.2 Å². The third-order valence-corrected chi connectivity index (χ3v) is 5.32. The largest absolute Gasteiger partial charge is 0.482 e. The summed E-state index contributed by atoms with van der Waals surface area (Å²) in [5.41, 5.74) is 2.07. The van der Waals surface area contributed by atoms with Gasteiger partial charge in [-0.1, -0.05) is 73.8 Å². The minimum atomic E-state index is -0.600. The summed E-state index contributed by atoms with van der Waals surface area (Å²) in [5.74, 6) is 0.226. The summed E-state index contributed by atoms with van der Waals surface area (Å²) in [5, 5.41) is 3.75. The smallest absolute Gasteiger partial charge is 0.261 e. The summed E-state index contributed by atoms with van der Waals surface area (Å²) in [7, 11) is 0. The number of nitrogens with zero attached hydrogens (tertiary/aromatic N) is 1. The van der Waals surface area contributed by atoms with Crippen LogP contribution in [0.3, 0.4) is 0 Å². The van der Waals surface area contributed by atoms with Crippen molar-refractivity contribution < 1.29 is 14.3 Å². The van der Waals surface area contributed by atoms with Crippen LogP contribution in [0.5, 0.6) is 5.75 Å². The fraction of sp³-hybridized carbons (Fsp3) is 0.417. The topological polar surface area (TPSA) is 58.6 Å². The van der Waals surface area contributed by atoms with E-state index in [2.05, 4.69) is 5.32 Å². The van der Waals surface area contributed by atoms with Crippen LogP contribution in [-0.4, -0.2) is 35.9 Å². The molecule has 1 atom stereocenters. The summed E-state index contributed by atoms with van der Waals surface area (Å²) in [6.45, 7) is 8.58. The van der Waals surface area contributed by atoms with Gasteiger partial charge in [-0.15, -0.1) is 0 Å². The third kappa shape index (κ3) is 7.75. The van der Waals surface area contributed by atoms with Crippen LogP contribution in [0, 0.1) is 12.8 Å². The molecule has 0 aromatic heterocycles. The van der Waals surface area contributed by atoms with Crippen molar-refractivity contribution >= 4 is 35.0 Å². The van der Waals surface area contributed by atoms with E-state index in [1.165, 1.54) is 0 Å². The van der Waals surface area contributed by atoms with Gasteiger partial charge < -0.3 is 15.0 Å². The molecular formula is C24H30Cl2N2O3. The molecule has 0 spiro atoms. The lowest BCUT2D eigenvalue weighted by atomic mass is 10.1. The number of carbonyl (C=O) groups excluding carboxylic acids is 2. The molecule has 0 aliphatic rings. The molecule has 2 amide bonds. The van der Waals surface area contributed by atoms with E-state index in [0.29, 0.717) is 41.2 Å². The number of hydrogen-bond acceptors (Lipinski definition) is 3. The van der Waals surface area contributed by atoms with Crippen molar-refractivity contribution in [3.63, 3.8) is 0 Å². The molecule has 0 unspecified atom stereocenters. The Hall–Kier alpha value is -2.24. The Morgan fingerprint density at radius 1 is 1.10 bits per heavy atom. The van der Waals surface area contributed by atoms with Crippen LogP contribution in [0.2, 0.25) is 10.0 Å². The van der Waals surface area contributed by atoms with Crippen LogP contribution in [0.1, 0.15) is 38.3 Å². The number of amides is 2. The van der Waals surface area contributed by atoms with Gasteiger partial charge in [0.15, 0.2) is 6.61 Å². The second-order valence-corrected chi connectivity index (χ2v) is 8.78. The molecule has 31 heavy (non-hydrogen) atoms. The Labute approximate surface area is 194 Å². The van der Waals surface area contributed by atoms with Gasteiger partial charge in [0.2, 0.25) is 5.91 Å². The minimum Gasteiger partial charge on any atom is -0.482 e. The molecule has 1 N–H and O–H groups in total. The average molecular weight is 465 g/mol. The molecule has 0 aliphatic heterocycles. The van der Waals surface area contributed by atoms with Crippen molar-refractivity contribution in [3.05, 3.63) is 63.6 Å². The Morgan fingerprint density at radius 2 is 1.77 bits per heavy atom. The fourth-order valence-electron chi connectivity index (χ4n) is 3.05. The highest BCUT2D eigenvalue weighted by Crippen LogP contribution is 2.27. The second-order valence-electron chi connectivity index (χ2n) is 7.93. The quantitative estimate of drug-likeness (QED) is 0.521. The zero-order chi connectivity index (χ0) is 23.0. The number of benzene rings is 2. The lowest BCUT2D eigenvalue weighted by molar-refractivity contribution is -0.143. The molecule has 2 rings (SSSR count). The number of carbonyl (C=O) groups is 2. The van der Waals surface area contributed by atoms with Gasteiger partial charge in [0.1, 0.15) is 11.8 Å². The SMILES string of the molecule is CC[C@@H](C(=O)NCC(C)C)N(Cc1ccc(C)cc1)C(=O)COc1ccc(Cl)cc1Cl. The summed E-state index contributed by atoms with van der Waals surface area (Å²) in [4.78, 5) is 27.6. The summed E-state index contributed by atoms with van der Waals surface area (Å²) in [6, 6.07) is 12.1. The highest BCUT2D eigenvalue weighted by atomic mass is 35.5. The maximum atomic E-state index is 13.2. The number of aryl methyl sites for hydroxylation is 1. The van der Waals surface area contributed by atoms with Crippen molar-refractivity contribution in [3.8, 4) is 5.75 Å². The molecule has 0 bridgehead atoms. The highest BCUT2D eigenvalue weighted by molar-refractivity contribution is 6.35. The van der Waals surface area contributed by atoms with Crippen LogP contribution in [-0.2, 0) is 16.1 Å². The van der Waals surface area contributed by atoms with Crippen molar-refractivity contribution in [1.29, 1.82) is 0 Å². The number of hydrogen-bond donors (Lipinski definition) is 1. The number of halogens is 2. The normalized spacial score (nSPS) is 11.8. The van der Waals surface area contributed by atoms with E-state index in [1.54, 1.807) is 23.1 Å². The standard InChI is InChI=1S/C24H30Cl2N2O3/c1-5-21(24(30)27-13-16(2)3)28(14-18-8-6-17(4)7-9-18)23(29)15-31-22-11-10-19(25)12-20(22)26/h6-12,16,21H,5,13-15H2,1-4H3,(H,27,30)/t21-/m0/s1. The fourth-order valence-corrected chi connectivity index (χ4v) is 3.51. The van der Waals surface area contributed by atoms with Gasteiger partial charge in [0.25, 0.3) is 5.91 Å². The molecule has 0 fully saturated rings. The maximum absolute atomic E-state index is 13.2. The molecule has 5 nitrogen and oxygen atoms in total. The van der Waals surface area contributed by atoms with E-state index in [1.807, 2.05) is 52.0 Å². The molecular weight excluding hydrogens is 435 g/mol. The van der Waals surface area contributed by atoms with E-state index in [4.69, 9.17) is 27.9 Å². The summed E-state index contributed by atoms with van der Waals surface area (Å²) < 4.78 is 5.65. The lowest BCUT2D eigenvalue weighted by Crippen LogP contribution is -2.50. The van der Waals surface area contributed by atoms with Crippen LogP contribution < -0.4 is 10.1 Å². The molecule has 0 radical (unpaired) electrons. The number of ether oxygens (including phenoxy) is 1. The van der Waals surface area contributed by atoms with Crippen LogP contribution in [0.4, 0.5) is 0 Å². The first-order valence-electron chi connectivity index (χ1n) is 10.4. The third-order valence-electron chi connectivity index (χ3n) is 4.79. The highest BCUT2D eigenvalue weighted by Gasteiger charge is 2.29. The monoisotopic (exact) mass is 464 g/mol. The number of rotatable bonds is 10. The number of nitrogens with one attached hydrogen (secondary N) is 1. The van der Waals surface area contributed by atoms with Gasteiger partial charge in [0, 0.05) is 18.1 Å². The summed E-state index contributed by atoms with van der Waals surface area (Å²) >= 11 is 12.1. The molecule has 7 heteroatoms. The van der Waals surface area contributed by atoms with E-state index >= 15 is 0 Å². The van der Waals surface area contributed by atoms with Crippen LogP contribution in [0.15, 0.2) is 42.5 Å². The minimum absolute atomic E-state index is 0.166. The molecule has 0 heterocycles. The van der Waals surface area contributed by atoms with Gasteiger partial charge in [-0.25, -0.2) is 0 Å². The van der Waals surface area contributed by atoms with E-state index in [9.17, 15) is 9.59 Å². The molecule has 0 saturated carbocycles. The first-order valence-corrected chi connectivity index (χ1v) is 11.2. The van der Waals surface area contributed by atoms with Gasteiger partial charge in [-0.3, -0.25) is 9.59 Å². The van der Waals surface area contributed by atoms with Gasteiger partial charge in [-0.2, -0.15) is 0 Å². The van der Waals surface area contributed by atoms with E-state index in [0.717, 1.165) is 11.1 Å². The first kappa shape index (κ1) is 25.0. The Kier molecular flexibility index (Phi) is 9.66. The predicted molar refractivity (Wildman–Crippen MR) is 126 cm³/mol. The van der Waals surface area contributed by atoms with E-state index < -0.39 is 6.04 Å². The first-order chi connectivity index (χ1) is 14.7. The molecule has 0 aliphatic carbocycles. The zero-order valence-corrected chi connectivity index (χ0v) is 20.0. The van der Waals surface area contributed by atoms with Gasteiger partial charge >= 0.3 is 0 Å². The molecule has 0 saturated heterocycles. The van der Waals surface area contributed by atoms with Crippen molar-refractivity contribution in [2.45, 2.75) is 46.7 Å².